The van der Waals surface area contributed by atoms with Crippen LogP contribution in [0.3, 0.4) is 0 Å². The molecule has 0 saturated carbocycles. The fraction of sp³-hybridized carbons (Fsp3) is 0.241. The molecule has 3 aromatic carbocycles. The van der Waals surface area contributed by atoms with Gasteiger partial charge in [-0.1, -0.05) is 30.3 Å². The molecule has 0 amide bonds. The average Bonchev–Trinajstić information content (AvgIpc) is 3.37. The Morgan fingerprint density at radius 1 is 0.889 bits per heavy atom. The molecule has 4 aromatic rings. The summed E-state index contributed by atoms with van der Waals surface area (Å²) in [6.45, 7) is 0.581. The molecule has 1 aromatic heterocycles. The summed E-state index contributed by atoms with van der Waals surface area (Å²) in [5.74, 6) is 1.29. The molecule has 4 rings (SSSR count). The highest BCUT2D eigenvalue weighted by Gasteiger charge is 2.20. The number of hydrogen-bond acceptors (Lipinski definition) is 6. The standard InChI is InChI=1S/C29H31N3O4/c1-34-25-14-9-22(10-15-25)28-19-23(31-32(28)24-12-16-26(35-2)17-13-24)11-18-27(29(33)36-3)30-20-21-7-5-4-6-8-21/h4-10,12-17,19,27,30H,11,18,20H2,1-3H3/t27-/m1/s1. The number of esters is 1. The van der Waals surface area contributed by atoms with Crippen molar-refractivity contribution in [1.82, 2.24) is 15.1 Å². The van der Waals surface area contributed by atoms with Gasteiger partial charge in [0.15, 0.2) is 0 Å². The van der Waals surface area contributed by atoms with Crippen LogP contribution in [-0.4, -0.2) is 43.1 Å². The maximum atomic E-state index is 12.5. The first-order valence-corrected chi connectivity index (χ1v) is 11.8. The van der Waals surface area contributed by atoms with Crippen molar-refractivity contribution in [3.05, 3.63) is 96.2 Å². The Kier molecular flexibility index (Phi) is 8.36. The van der Waals surface area contributed by atoms with Gasteiger partial charge in [-0.25, -0.2) is 4.68 Å². The number of carbonyl (C=O) groups is 1. The van der Waals surface area contributed by atoms with Gasteiger partial charge in [-0.15, -0.1) is 0 Å². The molecule has 186 valence electrons. The summed E-state index contributed by atoms with van der Waals surface area (Å²) in [6, 6.07) is 27.3. The highest BCUT2D eigenvalue weighted by atomic mass is 16.5. The maximum Gasteiger partial charge on any atom is 0.322 e. The number of hydrogen-bond donors (Lipinski definition) is 1. The quantitative estimate of drug-likeness (QED) is 0.307. The summed E-state index contributed by atoms with van der Waals surface area (Å²) >= 11 is 0. The molecule has 0 fully saturated rings. The van der Waals surface area contributed by atoms with Gasteiger partial charge in [0.2, 0.25) is 0 Å². The number of methoxy groups -OCH3 is 3. The van der Waals surface area contributed by atoms with E-state index >= 15 is 0 Å². The van der Waals surface area contributed by atoms with Crippen molar-refractivity contribution in [2.45, 2.75) is 25.4 Å². The zero-order valence-electron chi connectivity index (χ0n) is 20.8. The minimum Gasteiger partial charge on any atom is -0.497 e. The number of nitrogens with one attached hydrogen (secondary N) is 1. The average molecular weight is 486 g/mol. The first kappa shape index (κ1) is 25.0. The molecular formula is C29H31N3O4. The third-order valence-electron chi connectivity index (χ3n) is 6.03. The van der Waals surface area contributed by atoms with Crippen LogP contribution in [0.15, 0.2) is 84.9 Å². The topological polar surface area (TPSA) is 74.6 Å². The fourth-order valence-corrected chi connectivity index (χ4v) is 4.01. The van der Waals surface area contributed by atoms with E-state index in [9.17, 15) is 4.79 Å². The minimum absolute atomic E-state index is 0.282. The number of aryl methyl sites for hydroxylation is 1. The van der Waals surface area contributed by atoms with E-state index in [0.717, 1.165) is 39.7 Å². The molecule has 0 unspecified atom stereocenters. The first-order valence-electron chi connectivity index (χ1n) is 11.8. The van der Waals surface area contributed by atoms with Crippen LogP contribution in [0.4, 0.5) is 0 Å². The van der Waals surface area contributed by atoms with E-state index in [1.54, 1.807) is 14.2 Å². The fourth-order valence-electron chi connectivity index (χ4n) is 4.01. The second-order valence-electron chi connectivity index (χ2n) is 8.34. The van der Waals surface area contributed by atoms with Crippen molar-refractivity contribution in [3.8, 4) is 28.4 Å². The summed E-state index contributed by atoms with van der Waals surface area (Å²) in [5.41, 5.74) is 4.87. The molecule has 0 aliphatic rings. The predicted molar refractivity (Wildman–Crippen MR) is 140 cm³/mol. The Morgan fingerprint density at radius 2 is 1.53 bits per heavy atom. The van der Waals surface area contributed by atoms with E-state index in [1.807, 2.05) is 83.5 Å². The number of rotatable bonds is 11. The zero-order valence-corrected chi connectivity index (χ0v) is 20.8. The molecule has 7 nitrogen and oxygen atoms in total. The van der Waals surface area contributed by atoms with Crippen LogP contribution in [0.1, 0.15) is 17.7 Å². The van der Waals surface area contributed by atoms with Crippen molar-refractivity contribution >= 4 is 5.97 Å². The smallest absolute Gasteiger partial charge is 0.322 e. The van der Waals surface area contributed by atoms with Crippen LogP contribution in [0.25, 0.3) is 16.9 Å². The van der Waals surface area contributed by atoms with Crippen LogP contribution in [-0.2, 0) is 22.5 Å². The van der Waals surface area contributed by atoms with E-state index in [1.165, 1.54) is 7.11 Å². The van der Waals surface area contributed by atoms with Crippen molar-refractivity contribution in [2.24, 2.45) is 0 Å². The zero-order chi connectivity index (χ0) is 25.3. The summed E-state index contributed by atoms with van der Waals surface area (Å²) in [7, 11) is 4.71. The van der Waals surface area contributed by atoms with Gasteiger partial charge in [0.25, 0.3) is 0 Å². The molecule has 0 bridgehead atoms. The summed E-state index contributed by atoms with van der Waals surface area (Å²) < 4.78 is 17.6. The SMILES string of the molecule is COC(=O)[C@@H](CCc1cc(-c2ccc(OC)cc2)n(-c2ccc(OC)cc2)n1)NCc1ccccc1. The van der Waals surface area contributed by atoms with Crippen molar-refractivity contribution < 1.29 is 19.0 Å². The number of carbonyl (C=O) groups excluding carboxylic acids is 1. The minimum atomic E-state index is -0.439. The lowest BCUT2D eigenvalue weighted by Gasteiger charge is -2.16. The Hall–Kier alpha value is -4.10. The maximum absolute atomic E-state index is 12.5. The molecule has 7 heteroatoms. The van der Waals surface area contributed by atoms with Gasteiger partial charge < -0.3 is 19.5 Å². The Morgan fingerprint density at radius 3 is 2.14 bits per heavy atom. The van der Waals surface area contributed by atoms with Gasteiger partial charge in [0.05, 0.1) is 38.4 Å². The Balaban J connectivity index is 1.57. The molecule has 1 atom stereocenters. The molecule has 1 heterocycles. The molecule has 1 N–H and O–H groups in total. The highest BCUT2D eigenvalue weighted by molar-refractivity contribution is 5.75. The van der Waals surface area contributed by atoms with Crippen molar-refractivity contribution in [2.75, 3.05) is 21.3 Å². The molecular weight excluding hydrogens is 454 g/mol. The third kappa shape index (κ3) is 6.12. The van der Waals surface area contributed by atoms with Crippen LogP contribution >= 0.6 is 0 Å². The summed E-state index contributed by atoms with van der Waals surface area (Å²) in [6.07, 6.45) is 1.16. The van der Waals surface area contributed by atoms with Crippen molar-refractivity contribution in [1.29, 1.82) is 0 Å². The largest absolute Gasteiger partial charge is 0.497 e. The number of nitrogens with zero attached hydrogens (tertiary/aromatic N) is 2. The highest BCUT2D eigenvalue weighted by Crippen LogP contribution is 2.27. The molecule has 0 aliphatic heterocycles. The Bertz CT molecular complexity index is 1190. The van der Waals surface area contributed by atoms with Crippen LogP contribution in [0.2, 0.25) is 0 Å². The van der Waals surface area contributed by atoms with Gasteiger partial charge in [-0.2, -0.15) is 5.10 Å². The van der Waals surface area contributed by atoms with E-state index < -0.39 is 6.04 Å². The monoisotopic (exact) mass is 485 g/mol. The lowest BCUT2D eigenvalue weighted by Crippen LogP contribution is -2.37. The van der Waals surface area contributed by atoms with Gasteiger partial charge in [-0.3, -0.25) is 4.79 Å². The van der Waals surface area contributed by atoms with Gasteiger partial charge in [0.1, 0.15) is 17.5 Å². The van der Waals surface area contributed by atoms with E-state index in [2.05, 4.69) is 11.4 Å². The van der Waals surface area contributed by atoms with Crippen molar-refractivity contribution in [3.63, 3.8) is 0 Å². The van der Waals surface area contributed by atoms with Crippen LogP contribution in [0.5, 0.6) is 11.5 Å². The van der Waals surface area contributed by atoms with Gasteiger partial charge in [0, 0.05) is 12.1 Å². The number of ether oxygens (including phenoxy) is 3. The number of benzene rings is 3. The third-order valence-corrected chi connectivity index (χ3v) is 6.03. The van der Waals surface area contributed by atoms with Crippen LogP contribution in [0, 0.1) is 0 Å². The van der Waals surface area contributed by atoms with E-state index in [-0.39, 0.29) is 5.97 Å². The molecule has 36 heavy (non-hydrogen) atoms. The second kappa shape index (κ2) is 12.0. The van der Waals surface area contributed by atoms with Gasteiger partial charge in [-0.05, 0) is 73.0 Å². The number of aromatic nitrogens is 2. The molecule has 0 spiro atoms. The molecule has 0 aliphatic carbocycles. The van der Waals surface area contributed by atoms with Gasteiger partial charge >= 0.3 is 5.97 Å². The second-order valence-corrected chi connectivity index (χ2v) is 8.34. The van der Waals surface area contributed by atoms with Crippen LogP contribution < -0.4 is 14.8 Å². The Labute approximate surface area is 211 Å². The lowest BCUT2D eigenvalue weighted by atomic mass is 10.1. The summed E-state index contributed by atoms with van der Waals surface area (Å²) in [5, 5.41) is 8.23. The van der Waals surface area contributed by atoms with E-state index in [4.69, 9.17) is 19.3 Å². The molecule has 0 radical (unpaired) electrons. The normalized spacial score (nSPS) is 11.6. The summed E-state index contributed by atoms with van der Waals surface area (Å²) in [4.78, 5) is 12.5. The predicted octanol–water partition coefficient (Wildman–Crippen LogP) is 4.82. The van der Waals surface area contributed by atoms with E-state index in [0.29, 0.717) is 19.4 Å². The lowest BCUT2D eigenvalue weighted by molar-refractivity contribution is -0.143. The first-order chi connectivity index (χ1) is 17.6. The molecule has 0 saturated heterocycles.